The van der Waals surface area contributed by atoms with Crippen molar-refractivity contribution in [2.45, 2.75) is 33.1 Å². The van der Waals surface area contributed by atoms with E-state index in [1.165, 1.54) is 11.3 Å². The van der Waals surface area contributed by atoms with Crippen LogP contribution in [0, 0.1) is 6.92 Å². The van der Waals surface area contributed by atoms with Gasteiger partial charge in [0.15, 0.2) is 0 Å². The zero-order chi connectivity index (χ0) is 11.4. The average Bonchev–Trinajstić information content (AvgIpc) is 2.18. The molecule has 15 heavy (non-hydrogen) atoms. The Kier molecular flexibility index (Phi) is 4.01. The second kappa shape index (κ2) is 5.06. The number of phenolic OH excluding ortho intramolecular Hbond substituents is 1. The summed E-state index contributed by atoms with van der Waals surface area (Å²) in [6.07, 6.45) is 3.23. The van der Waals surface area contributed by atoms with Crippen LogP contribution in [0.4, 0.5) is 5.69 Å². The number of benzene rings is 1. The molecule has 0 saturated carbocycles. The van der Waals surface area contributed by atoms with Gasteiger partial charge in [0.05, 0.1) is 0 Å². The van der Waals surface area contributed by atoms with Gasteiger partial charge in [0.2, 0.25) is 0 Å². The van der Waals surface area contributed by atoms with Gasteiger partial charge >= 0.3 is 0 Å². The summed E-state index contributed by atoms with van der Waals surface area (Å²) in [6, 6.07) is 3.77. The van der Waals surface area contributed by atoms with Crippen LogP contribution in [0.1, 0.15) is 30.9 Å². The number of hydrogen-bond donors (Lipinski definition) is 1. The van der Waals surface area contributed by atoms with E-state index in [9.17, 15) is 5.11 Å². The third kappa shape index (κ3) is 2.65. The Morgan fingerprint density at radius 3 is 2.47 bits per heavy atom. The average molecular weight is 207 g/mol. The van der Waals surface area contributed by atoms with Crippen LogP contribution in [0.5, 0.6) is 5.75 Å². The van der Waals surface area contributed by atoms with Crippen LogP contribution in [-0.4, -0.2) is 19.2 Å². The molecule has 0 aliphatic carbocycles. The maximum atomic E-state index is 9.86. The summed E-state index contributed by atoms with van der Waals surface area (Å²) in [6.45, 7) is 4.26. The van der Waals surface area contributed by atoms with Gasteiger partial charge in [-0.25, -0.2) is 0 Å². The van der Waals surface area contributed by atoms with Crippen molar-refractivity contribution >= 4 is 5.69 Å². The van der Waals surface area contributed by atoms with Gasteiger partial charge in [0.1, 0.15) is 5.75 Å². The zero-order valence-corrected chi connectivity index (χ0v) is 10.2. The van der Waals surface area contributed by atoms with Crippen LogP contribution >= 0.6 is 0 Å². The summed E-state index contributed by atoms with van der Waals surface area (Å²) < 4.78 is 0. The predicted octanol–water partition coefficient (Wildman–Crippen LogP) is 3.11. The molecule has 0 aliphatic heterocycles. The summed E-state index contributed by atoms with van der Waals surface area (Å²) in [5.41, 5.74) is 3.48. The van der Waals surface area contributed by atoms with E-state index in [4.69, 9.17) is 0 Å². The number of phenols is 1. The lowest BCUT2D eigenvalue weighted by atomic mass is 10.0. The number of hydrogen-bond acceptors (Lipinski definition) is 2. The molecule has 0 bridgehead atoms. The number of aryl methyl sites for hydroxylation is 1. The molecule has 0 radical (unpaired) electrons. The molecule has 2 heteroatoms. The number of nitrogens with zero attached hydrogens (tertiary/aromatic N) is 1. The molecule has 84 valence electrons. The maximum absolute atomic E-state index is 9.86. The van der Waals surface area contributed by atoms with Crippen LogP contribution in [-0.2, 0) is 6.42 Å². The summed E-state index contributed by atoms with van der Waals surface area (Å²) >= 11 is 0. The standard InChI is InChI=1S/C13H21NO/c1-5-6-7-11-12(15)9-8-10(2)13(11)14(3)4/h8-9,15H,5-7H2,1-4H3. The first-order valence-electron chi connectivity index (χ1n) is 5.56. The normalized spacial score (nSPS) is 10.4. The van der Waals surface area contributed by atoms with Gasteiger partial charge in [-0.05, 0) is 31.4 Å². The third-order valence-electron chi connectivity index (χ3n) is 2.69. The van der Waals surface area contributed by atoms with Gasteiger partial charge in [-0.3, -0.25) is 0 Å². The third-order valence-corrected chi connectivity index (χ3v) is 2.69. The fourth-order valence-electron chi connectivity index (χ4n) is 1.97. The summed E-state index contributed by atoms with van der Waals surface area (Å²) in [4.78, 5) is 2.08. The quantitative estimate of drug-likeness (QED) is 0.820. The van der Waals surface area contributed by atoms with Crippen LogP contribution in [0.25, 0.3) is 0 Å². The second-order valence-electron chi connectivity index (χ2n) is 4.23. The lowest BCUT2D eigenvalue weighted by Gasteiger charge is -2.21. The topological polar surface area (TPSA) is 23.5 Å². The summed E-state index contributed by atoms with van der Waals surface area (Å²) in [7, 11) is 4.05. The summed E-state index contributed by atoms with van der Waals surface area (Å²) in [5, 5.41) is 9.86. The minimum absolute atomic E-state index is 0.428. The fraction of sp³-hybridized carbons (Fsp3) is 0.538. The van der Waals surface area contributed by atoms with Gasteiger partial charge in [0.25, 0.3) is 0 Å². The van der Waals surface area contributed by atoms with Crippen LogP contribution in [0.15, 0.2) is 12.1 Å². The number of unbranched alkanes of at least 4 members (excludes halogenated alkanes) is 1. The van der Waals surface area contributed by atoms with E-state index in [1.807, 2.05) is 20.2 Å². The molecule has 1 N–H and O–H groups in total. The molecule has 0 aromatic heterocycles. The van der Waals surface area contributed by atoms with E-state index in [0.717, 1.165) is 24.8 Å². The highest BCUT2D eigenvalue weighted by molar-refractivity contribution is 5.63. The van der Waals surface area contributed by atoms with Gasteiger partial charge in [-0.1, -0.05) is 19.4 Å². The SMILES string of the molecule is CCCCc1c(O)ccc(C)c1N(C)C. The minimum Gasteiger partial charge on any atom is -0.508 e. The highest BCUT2D eigenvalue weighted by Crippen LogP contribution is 2.32. The largest absolute Gasteiger partial charge is 0.508 e. The van der Waals surface area contributed by atoms with Gasteiger partial charge in [-0.2, -0.15) is 0 Å². The molecule has 0 heterocycles. The van der Waals surface area contributed by atoms with Crippen molar-refractivity contribution in [1.29, 1.82) is 0 Å². The molecule has 0 saturated heterocycles. The molecular formula is C13H21NO. The zero-order valence-electron chi connectivity index (χ0n) is 10.2. The molecule has 0 amide bonds. The Labute approximate surface area is 92.5 Å². The van der Waals surface area contributed by atoms with E-state index in [1.54, 1.807) is 6.07 Å². The van der Waals surface area contributed by atoms with E-state index < -0.39 is 0 Å². The van der Waals surface area contributed by atoms with Gasteiger partial charge in [0, 0.05) is 25.3 Å². The highest BCUT2D eigenvalue weighted by atomic mass is 16.3. The Bertz CT molecular complexity index is 332. The van der Waals surface area contributed by atoms with Crippen molar-refractivity contribution in [3.05, 3.63) is 23.3 Å². The van der Waals surface area contributed by atoms with E-state index in [-0.39, 0.29) is 0 Å². The summed E-state index contributed by atoms with van der Waals surface area (Å²) in [5.74, 6) is 0.428. The first-order chi connectivity index (χ1) is 7.07. The Hall–Kier alpha value is -1.18. The lowest BCUT2D eigenvalue weighted by Crippen LogP contribution is -2.13. The number of rotatable bonds is 4. The van der Waals surface area contributed by atoms with E-state index >= 15 is 0 Å². The molecule has 0 fully saturated rings. The smallest absolute Gasteiger partial charge is 0.120 e. The monoisotopic (exact) mass is 207 g/mol. The molecule has 0 spiro atoms. The van der Waals surface area contributed by atoms with Crippen molar-refractivity contribution in [2.24, 2.45) is 0 Å². The molecule has 1 aromatic rings. The van der Waals surface area contributed by atoms with Crippen molar-refractivity contribution in [1.82, 2.24) is 0 Å². The van der Waals surface area contributed by atoms with Crippen LogP contribution < -0.4 is 4.90 Å². The minimum atomic E-state index is 0.428. The first kappa shape index (κ1) is 11.9. The lowest BCUT2D eigenvalue weighted by molar-refractivity contribution is 0.467. The Morgan fingerprint density at radius 1 is 1.27 bits per heavy atom. The molecule has 0 aliphatic rings. The second-order valence-corrected chi connectivity index (χ2v) is 4.23. The predicted molar refractivity (Wildman–Crippen MR) is 65.8 cm³/mol. The maximum Gasteiger partial charge on any atom is 0.120 e. The van der Waals surface area contributed by atoms with Crippen molar-refractivity contribution in [3.63, 3.8) is 0 Å². The van der Waals surface area contributed by atoms with Gasteiger partial charge in [-0.15, -0.1) is 0 Å². The molecule has 2 nitrogen and oxygen atoms in total. The Morgan fingerprint density at radius 2 is 1.93 bits per heavy atom. The van der Waals surface area contributed by atoms with Crippen LogP contribution in [0.3, 0.4) is 0 Å². The number of anilines is 1. The van der Waals surface area contributed by atoms with Crippen molar-refractivity contribution in [2.75, 3.05) is 19.0 Å². The number of aromatic hydroxyl groups is 1. The highest BCUT2D eigenvalue weighted by Gasteiger charge is 2.11. The first-order valence-corrected chi connectivity index (χ1v) is 5.56. The molecule has 0 atom stereocenters. The molecular weight excluding hydrogens is 186 g/mol. The Balaban J connectivity index is 3.13. The van der Waals surface area contributed by atoms with Crippen molar-refractivity contribution in [3.8, 4) is 5.75 Å². The van der Waals surface area contributed by atoms with Crippen LogP contribution in [0.2, 0.25) is 0 Å². The van der Waals surface area contributed by atoms with E-state index in [0.29, 0.717) is 5.75 Å². The van der Waals surface area contributed by atoms with E-state index in [2.05, 4.69) is 18.7 Å². The fourth-order valence-corrected chi connectivity index (χ4v) is 1.97. The molecule has 1 rings (SSSR count). The molecule has 0 unspecified atom stereocenters. The van der Waals surface area contributed by atoms with Crippen molar-refractivity contribution < 1.29 is 5.11 Å². The van der Waals surface area contributed by atoms with Gasteiger partial charge < -0.3 is 10.0 Å². The molecule has 1 aromatic carbocycles.